The van der Waals surface area contributed by atoms with Gasteiger partial charge >= 0.3 is 0 Å². The maximum Gasteiger partial charge on any atom is 0.269 e. The first-order valence-electron chi connectivity index (χ1n) is 7.38. The number of halogens is 1. The molecule has 0 aliphatic carbocycles. The van der Waals surface area contributed by atoms with E-state index < -0.39 is 4.92 Å². The highest BCUT2D eigenvalue weighted by molar-refractivity contribution is 8.00. The average Bonchev–Trinajstić information content (AvgIpc) is 2.53. The zero-order chi connectivity index (χ0) is 16.1. The Kier molecular flexibility index (Phi) is 7.81. The van der Waals surface area contributed by atoms with E-state index in [0.29, 0.717) is 11.7 Å². The quantitative estimate of drug-likeness (QED) is 0.496. The first-order chi connectivity index (χ1) is 10.5. The van der Waals surface area contributed by atoms with Gasteiger partial charge in [0.1, 0.15) is 0 Å². The van der Waals surface area contributed by atoms with E-state index in [1.54, 1.807) is 12.1 Å². The van der Waals surface area contributed by atoms with E-state index in [0.717, 1.165) is 30.8 Å². The summed E-state index contributed by atoms with van der Waals surface area (Å²) in [5.74, 6) is 0.833. The lowest BCUT2D eigenvalue weighted by Gasteiger charge is -2.34. The minimum atomic E-state index is -0.429. The molecule has 1 heterocycles. The molecule has 0 aromatic heterocycles. The molecule has 2 atom stereocenters. The molecule has 2 rings (SSSR count). The molecule has 1 aromatic rings. The second-order valence-corrected chi connectivity index (χ2v) is 6.69. The molecular formula is C15H22ClN3O3S. The van der Waals surface area contributed by atoms with Gasteiger partial charge in [-0.15, -0.1) is 24.2 Å². The molecular weight excluding hydrogens is 338 g/mol. The highest BCUT2D eigenvalue weighted by atomic mass is 35.5. The van der Waals surface area contributed by atoms with Crippen molar-refractivity contribution in [3.63, 3.8) is 0 Å². The summed E-state index contributed by atoms with van der Waals surface area (Å²) in [7, 11) is 0. The van der Waals surface area contributed by atoms with Crippen LogP contribution < -0.4 is 5.73 Å². The van der Waals surface area contributed by atoms with Gasteiger partial charge in [0, 0.05) is 36.2 Å². The Morgan fingerprint density at radius 2 is 2.13 bits per heavy atom. The van der Waals surface area contributed by atoms with Gasteiger partial charge < -0.3 is 10.6 Å². The Bertz CT molecular complexity index is 539. The van der Waals surface area contributed by atoms with Gasteiger partial charge in [-0.2, -0.15) is 0 Å². The molecule has 8 heteroatoms. The molecule has 1 aliphatic rings. The van der Waals surface area contributed by atoms with Gasteiger partial charge in [0.05, 0.1) is 10.7 Å². The fraction of sp³-hybridized carbons (Fsp3) is 0.533. The molecule has 0 bridgehead atoms. The van der Waals surface area contributed by atoms with Crippen LogP contribution in [0.1, 0.15) is 19.8 Å². The van der Waals surface area contributed by atoms with Crippen LogP contribution in [0.25, 0.3) is 0 Å². The highest BCUT2D eigenvalue weighted by Gasteiger charge is 2.25. The molecule has 1 aromatic carbocycles. The second-order valence-electron chi connectivity index (χ2n) is 5.64. The minimum absolute atomic E-state index is 0. The molecule has 128 valence electrons. The summed E-state index contributed by atoms with van der Waals surface area (Å²) >= 11 is 1.41. The number of nitro groups is 1. The summed E-state index contributed by atoms with van der Waals surface area (Å²) in [6.07, 6.45) is 2.08. The lowest BCUT2D eigenvalue weighted by atomic mass is 9.92. The van der Waals surface area contributed by atoms with Gasteiger partial charge in [-0.05, 0) is 37.8 Å². The van der Waals surface area contributed by atoms with Crippen LogP contribution in [0, 0.1) is 16.0 Å². The van der Waals surface area contributed by atoms with Crippen molar-refractivity contribution in [2.24, 2.45) is 11.7 Å². The SMILES string of the molecule is CC(N)C1CCCN(C(=O)CSc2ccc([N+](=O)[O-])cc2)C1.Cl. The number of nitrogens with two attached hydrogens (primary N) is 1. The van der Waals surface area contributed by atoms with Crippen LogP contribution in [0.2, 0.25) is 0 Å². The molecule has 0 saturated carbocycles. The lowest BCUT2D eigenvalue weighted by Crippen LogP contribution is -2.45. The van der Waals surface area contributed by atoms with E-state index in [1.807, 2.05) is 11.8 Å². The van der Waals surface area contributed by atoms with E-state index in [9.17, 15) is 14.9 Å². The lowest BCUT2D eigenvalue weighted by molar-refractivity contribution is -0.384. The van der Waals surface area contributed by atoms with Crippen molar-refractivity contribution >= 4 is 35.8 Å². The van der Waals surface area contributed by atoms with Gasteiger partial charge in [-0.25, -0.2) is 0 Å². The van der Waals surface area contributed by atoms with Crippen LogP contribution >= 0.6 is 24.2 Å². The Balaban J connectivity index is 0.00000264. The number of carbonyl (C=O) groups is 1. The zero-order valence-corrected chi connectivity index (χ0v) is 14.6. The van der Waals surface area contributed by atoms with E-state index in [4.69, 9.17) is 5.73 Å². The highest BCUT2D eigenvalue weighted by Crippen LogP contribution is 2.23. The van der Waals surface area contributed by atoms with Crippen LogP contribution in [0.3, 0.4) is 0 Å². The molecule has 1 fully saturated rings. The third kappa shape index (κ3) is 5.67. The smallest absolute Gasteiger partial charge is 0.269 e. The van der Waals surface area contributed by atoms with Crippen molar-refractivity contribution < 1.29 is 9.72 Å². The summed E-state index contributed by atoms with van der Waals surface area (Å²) in [5, 5.41) is 10.6. The van der Waals surface area contributed by atoms with Crippen molar-refractivity contribution in [1.82, 2.24) is 4.90 Å². The van der Waals surface area contributed by atoms with E-state index in [2.05, 4.69) is 0 Å². The van der Waals surface area contributed by atoms with Crippen molar-refractivity contribution in [2.75, 3.05) is 18.8 Å². The third-order valence-corrected chi connectivity index (χ3v) is 4.96. The molecule has 0 radical (unpaired) electrons. The predicted octanol–water partition coefficient (Wildman–Crippen LogP) is 2.69. The van der Waals surface area contributed by atoms with E-state index in [-0.39, 0.29) is 30.0 Å². The molecule has 6 nitrogen and oxygen atoms in total. The maximum absolute atomic E-state index is 12.3. The minimum Gasteiger partial charge on any atom is -0.342 e. The number of thioether (sulfide) groups is 1. The maximum atomic E-state index is 12.3. The van der Waals surface area contributed by atoms with Crippen LogP contribution in [-0.4, -0.2) is 40.6 Å². The van der Waals surface area contributed by atoms with E-state index in [1.165, 1.54) is 23.9 Å². The van der Waals surface area contributed by atoms with Gasteiger partial charge in [0.15, 0.2) is 0 Å². The average molecular weight is 360 g/mol. The summed E-state index contributed by atoms with van der Waals surface area (Å²) in [6.45, 7) is 3.52. The number of piperidine rings is 1. The standard InChI is InChI=1S/C15H21N3O3S.ClH/c1-11(16)12-3-2-8-17(9-12)15(19)10-22-14-6-4-13(5-7-14)18(20)21;/h4-7,11-12H,2-3,8-10,16H2,1H3;1H. The van der Waals surface area contributed by atoms with Crippen molar-refractivity contribution in [2.45, 2.75) is 30.7 Å². The third-order valence-electron chi connectivity index (χ3n) is 3.96. The number of carbonyl (C=O) groups excluding carboxylic acids is 1. The predicted molar refractivity (Wildman–Crippen MR) is 94.0 cm³/mol. The zero-order valence-electron chi connectivity index (χ0n) is 13.0. The number of nitrogens with zero attached hydrogens (tertiary/aromatic N) is 2. The number of hydrogen-bond acceptors (Lipinski definition) is 5. The summed E-state index contributed by atoms with van der Waals surface area (Å²) in [4.78, 5) is 25.2. The topological polar surface area (TPSA) is 89.5 Å². The van der Waals surface area contributed by atoms with Crippen LogP contribution in [-0.2, 0) is 4.79 Å². The molecule has 2 unspecified atom stereocenters. The Morgan fingerprint density at radius 1 is 1.48 bits per heavy atom. The molecule has 0 spiro atoms. The van der Waals surface area contributed by atoms with Crippen LogP contribution in [0.5, 0.6) is 0 Å². The van der Waals surface area contributed by atoms with Crippen molar-refractivity contribution in [3.8, 4) is 0 Å². The molecule has 23 heavy (non-hydrogen) atoms. The summed E-state index contributed by atoms with van der Waals surface area (Å²) in [5.41, 5.74) is 6.00. The van der Waals surface area contributed by atoms with Crippen LogP contribution in [0.15, 0.2) is 29.2 Å². The number of benzene rings is 1. The Labute approximate surface area is 146 Å². The molecule has 1 amide bonds. The number of non-ortho nitro benzene ring substituents is 1. The van der Waals surface area contributed by atoms with Crippen LogP contribution in [0.4, 0.5) is 5.69 Å². The number of likely N-dealkylation sites (tertiary alicyclic amines) is 1. The molecule has 1 aliphatic heterocycles. The summed E-state index contributed by atoms with van der Waals surface area (Å²) in [6, 6.07) is 6.38. The van der Waals surface area contributed by atoms with Crippen molar-refractivity contribution in [3.05, 3.63) is 34.4 Å². The normalized spacial score (nSPS) is 18.9. The molecule has 1 saturated heterocycles. The summed E-state index contributed by atoms with van der Waals surface area (Å²) < 4.78 is 0. The number of rotatable bonds is 5. The van der Waals surface area contributed by atoms with Gasteiger partial charge in [0.25, 0.3) is 5.69 Å². The van der Waals surface area contributed by atoms with Gasteiger partial charge in [-0.1, -0.05) is 0 Å². The monoisotopic (exact) mass is 359 g/mol. The fourth-order valence-corrected chi connectivity index (χ4v) is 3.37. The second kappa shape index (κ2) is 9.10. The van der Waals surface area contributed by atoms with E-state index >= 15 is 0 Å². The first kappa shape index (κ1) is 19.7. The fourth-order valence-electron chi connectivity index (χ4n) is 2.57. The van der Waals surface area contributed by atoms with Gasteiger partial charge in [0.2, 0.25) is 5.91 Å². The number of hydrogen-bond donors (Lipinski definition) is 1. The largest absolute Gasteiger partial charge is 0.342 e. The number of amides is 1. The van der Waals surface area contributed by atoms with Crippen molar-refractivity contribution in [1.29, 1.82) is 0 Å². The Morgan fingerprint density at radius 3 is 2.70 bits per heavy atom. The Hall–Kier alpha value is -1.31. The van der Waals surface area contributed by atoms with Gasteiger partial charge in [-0.3, -0.25) is 14.9 Å². The number of nitro benzene ring substituents is 1. The molecule has 2 N–H and O–H groups in total. The first-order valence-corrected chi connectivity index (χ1v) is 8.36.